The van der Waals surface area contributed by atoms with E-state index in [0.717, 1.165) is 34.5 Å². The molecular formula is C22H24FNO4S2. The zero-order valence-electron chi connectivity index (χ0n) is 16.8. The molecule has 1 heterocycles. The van der Waals surface area contributed by atoms with Gasteiger partial charge < -0.3 is 9.67 Å². The van der Waals surface area contributed by atoms with Crippen molar-refractivity contribution < 1.29 is 22.1 Å². The van der Waals surface area contributed by atoms with Crippen molar-refractivity contribution in [3.63, 3.8) is 0 Å². The number of hydrogen-bond donors (Lipinski definition) is 1. The molecule has 0 aliphatic heterocycles. The van der Waals surface area contributed by atoms with Gasteiger partial charge in [0.2, 0.25) is 0 Å². The molecule has 3 rings (SSSR count). The lowest BCUT2D eigenvalue weighted by Gasteiger charge is -2.13. The molecule has 0 spiro atoms. The maximum absolute atomic E-state index is 13.4. The van der Waals surface area contributed by atoms with Crippen molar-refractivity contribution in [1.29, 1.82) is 0 Å². The van der Waals surface area contributed by atoms with Crippen molar-refractivity contribution in [2.45, 2.75) is 18.2 Å². The third kappa shape index (κ3) is 5.06. The first-order valence-electron chi connectivity index (χ1n) is 9.44. The highest BCUT2D eigenvalue weighted by Gasteiger charge is 2.16. The van der Waals surface area contributed by atoms with Crippen molar-refractivity contribution in [2.75, 3.05) is 24.4 Å². The Morgan fingerprint density at radius 2 is 1.67 bits per heavy atom. The summed E-state index contributed by atoms with van der Waals surface area (Å²) < 4.78 is 51.0. The minimum Gasteiger partial charge on any atom is -0.395 e. The highest BCUT2D eigenvalue weighted by atomic mass is 32.2. The van der Waals surface area contributed by atoms with Gasteiger partial charge in [-0.05, 0) is 66.9 Å². The maximum atomic E-state index is 13.4. The number of benzene rings is 2. The van der Waals surface area contributed by atoms with Crippen molar-refractivity contribution in [3.05, 3.63) is 71.7 Å². The lowest BCUT2D eigenvalue weighted by atomic mass is 10.1. The van der Waals surface area contributed by atoms with Crippen LogP contribution in [0.15, 0.2) is 59.5 Å². The van der Waals surface area contributed by atoms with Crippen LogP contribution >= 0.6 is 0 Å². The summed E-state index contributed by atoms with van der Waals surface area (Å²) in [5.41, 5.74) is 4.36. The Labute approximate surface area is 178 Å². The first kappa shape index (κ1) is 22.4. The summed E-state index contributed by atoms with van der Waals surface area (Å²) in [6.07, 6.45) is 1.74. The van der Waals surface area contributed by atoms with Crippen molar-refractivity contribution in [1.82, 2.24) is 4.57 Å². The third-order valence-electron chi connectivity index (χ3n) is 4.93. The summed E-state index contributed by atoms with van der Waals surface area (Å²) in [4.78, 5) is 0.238. The van der Waals surface area contributed by atoms with Crippen LogP contribution in [-0.4, -0.2) is 46.7 Å². The van der Waals surface area contributed by atoms with Crippen LogP contribution in [0.4, 0.5) is 4.39 Å². The molecule has 3 aromatic rings. The fourth-order valence-electron chi connectivity index (χ4n) is 3.35. The van der Waals surface area contributed by atoms with E-state index in [4.69, 9.17) is 5.11 Å². The van der Waals surface area contributed by atoms with Crippen LogP contribution in [0.2, 0.25) is 0 Å². The molecular weight excluding hydrogens is 425 g/mol. The third-order valence-corrected chi connectivity index (χ3v) is 7.36. The molecule has 0 aliphatic carbocycles. The quantitative estimate of drug-likeness (QED) is 0.573. The molecule has 0 radical (unpaired) electrons. The molecule has 160 valence electrons. The van der Waals surface area contributed by atoms with Gasteiger partial charge in [-0.25, -0.2) is 12.8 Å². The van der Waals surface area contributed by atoms with E-state index in [1.807, 2.05) is 17.6 Å². The molecule has 0 aliphatic rings. The van der Waals surface area contributed by atoms with E-state index in [1.54, 1.807) is 36.4 Å². The highest BCUT2D eigenvalue weighted by molar-refractivity contribution is 7.90. The molecule has 0 saturated heterocycles. The van der Waals surface area contributed by atoms with Crippen LogP contribution in [0.3, 0.4) is 0 Å². The molecule has 1 N–H and O–H groups in total. The van der Waals surface area contributed by atoms with Gasteiger partial charge in [-0.3, -0.25) is 4.21 Å². The SMILES string of the molecule is Cc1c(CCS(=O)CCO)cc(-c2ccc(S(C)(=O)=O)cc2)n1-c1ccc(F)cc1. The van der Waals surface area contributed by atoms with E-state index in [2.05, 4.69) is 0 Å². The predicted molar refractivity (Wildman–Crippen MR) is 118 cm³/mol. The summed E-state index contributed by atoms with van der Waals surface area (Å²) in [7, 11) is -4.40. The molecule has 1 atom stereocenters. The largest absolute Gasteiger partial charge is 0.395 e. The Morgan fingerprint density at radius 1 is 1.03 bits per heavy atom. The number of sulfone groups is 1. The summed E-state index contributed by atoms with van der Waals surface area (Å²) in [5.74, 6) is 0.348. The number of aryl methyl sites for hydroxylation is 1. The molecule has 2 aromatic carbocycles. The molecule has 0 bridgehead atoms. The van der Waals surface area contributed by atoms with Gasteiger partial charge in [0.05, 0.1) is 17.2 Å². The number of halogens is 1. The van der Waals surface area contributed by atoms with Crippen molar-refractivity contribution in [2.24, 2.45) is 0 Å². The Kier molecular flexibility index (Phi) is 6.90. The normalized spacial score (nSPS) is 12.8. The van der Waals surface area contributed by atoms with Crippen molar-refractivity contribution >= 4 is 20.6 Å². The van der Waals surface area contributed by atoms with Gasteiger partial charge in [-0.1, -0.05) is 12.1 Å². The fraction of sp³-hybridized carbons (Fsp3) is 0.273. The smallest absolute Gasteiger partial charge is 0.175 e. The lowest BCUT2D eigenvalue weighted by Crippen LogP contribution is -2.08. The monoisotopic (exact) mass is 449 g/mol. The Balaban J connectivity index is 2.07. The minimum atomic E-state index is -3.30. The van der Waals surface area contributed by atoms with E-state index in [1.165, 1.54) is 12.1 Å². The van der Waals surface area contributed by atoms with E-state index in [0.29, 0.717) is 12.2 Å². The van der Waals surface area contributed by atoms with Gasteiger partial charge in [-0.15, -0.1) is 0 Å². The van der Waals surface area contributed by atoms with Crippen LogP contribution in [0, 0.1) is 12.7 Å². The topological polar surface area (TPSA) is 76.4 Å². The van der Waals surface area contributed by atoms with Gasteiger partial charge in [0.1, 0.15) is 5.82 Å². The molecule has 1 unspecified atom stereocenters. The number of aliphatic hydroxyl groups excluding tert-OH is 1. The Hall–Kier alpha value is -2.29. The Bertz CT molecular complexity index is 1150. The standard InChI is InChI=1S/C22H24FNO4S2/c1-16-18(11-13-29(26)14-12-25)15-22(24(16)20-7-5-19(23)6-8-20)17-3-9-21(10-4-17)30(2,27)28/h3-10,15,25H,11-14H2,1-2H3. The van der Waals surface area contributed by atoms with Gasteiger partial charge in [0.25, 0.3) is 0 Å². The summed E-state index contributed by atoms with van der Waals surface area (Å²) in [6, 6.07) is 14.8. The van der Waals surface area contributed by atoms with Crippen LogP contribution in [0.1, 0.15) is 11.3 Å². The van der Waals surface area contributed by atoms with Crippen LogP contribution in [0.5, 0.6) is 0 Å². The minimum absolute atomic E-state index is 0.111. The second-order valence-electron chi connectivity index (χ2n) is 7.07. The zero-order chi connectivity index (χ0) is 21.9. The van der Waals surface area contributed by atoms with Gasteiger partial charge in [-0.2, -0.15) is 0 Å². The van der Waals surface area contributed by atoms with Crippen LogP contribution < -0.4 is 0 Å². The average molecular weight is 450 g/mol. The summed E-state index contributed by atoms with van der Waals surface area (Å²) >= 11 is 0. The second-order valence-corrected chi connectivity index (χ2v) is 10.8. The van der Waals surface area contributed by atoms with E-state index < -0.39 is 20.6 Å². The van der Waals surface area contributed by atoms with Gasteiger partial charge >= 0.3 is 0 Å². The number of aliphatic hydroxyl groups is 1. The number of aromatic nitrogens is 1. The first-order chi connectivity index (χ1) is 14.2. The summed E-state index contributed by atoms with van der Waals surface area (Å²) in [5, 5.41) is 8.97. The number of nitrogens with zero attached hydrogens (tertiary/aromatic N) is 1. The number of hydrogen-bond acceptors (Lipinski definition) is 4. The Morgan fingerprint density at radius 3 is 2.23 bits per heavy atom. The van der Waals surface area contributed by atoms with Crippen LogP contribution in [0.25, 0.3) is 16.9 Å². The maximum Gasteiger partial charge on any atom is 0.175 e. The molecule has 0 amide bonds. The van der Waals surface area contributed by atoms with E-state index in [9.17, 15) is 17.0 Å². The van der Waals surface area contributed by atoms with Crippen LogP contribution in [-0.2, 0) is 27.1 Å². The lowest BCUT2D eigenvalue weighted by molar-refractivity contribution is 0.321. The molecule has 0 saturated carbocycles. The fourth-order valence-corrected chi connectivity index (χ4v) is 4.83. The predicted octanol–water partition coefficient (Wildman–Crippen LogP) is 3.28. The van der Waals surface area contributed by atoms with E-state index in [-0.39, 0.29) is 23.1 Å². The molecule has 30 heavy (non-hydrogen) atoms. The second kappa shape index (κ2) is 9.24. The summed E-state index contributed by atoms with van der Waals surface area (Å²) in [6.45, 7) is 1.84. The molecule has 5 nitrogen and oxygen atoms in total. The van der Waals surface area contributed by atoms with E-state index >= 15 is 0 Å². The highest BCUT2D eigenvalue weighted by Crippen LogP contribution is 2.30. The molecule has 1 aromatic heterocycles. The van der Waals surface area contributed by atoms with Gasteiger partial charge in [0, 0.05) is 39.9 Å². The number of rotatable bonds is 8. The van der Waals surface area contributed by atoms with Crippen molar-refractivity contribution in [3.8, 4) is 16.9 Å². The average Bonchev–Trinajstić information content (AvgIpc) is 3.03. The zero-order valence-corrected chi connectivity index (χ0v) is 18.5. The molecule has 0 fully saturated rings. The first-order valence-corrected chi connectivity index (χ1v) is 12.8. The molecule has 8 heteroatoms. The van der Waals surface area contributed by atoms with Gasteiger partial charge in [0.15, 0.2) is 9.84 Å².